The summed E-state index contributed by atoms with van der Waals surface area (Å²) in [6.45, 7) is 2.25. The van der Waals surface area contributed by atoms with E-state index in [4.69, 9.17) is 26.2 Å². The summed E-state index contributed by atoms with van der Waals surface area (Å²) in [4.78, 5) is 24.4. The van der Waals surface area contributed by atoms with Crippen LogP contribution in [0, 0.1) is 6.92 Å². The van der Waals surface area contributed by atoms with Gasteiger partial charge in [0.2, 0.25) is 0 Å². The van der Waals surface area contributed by atoms with E-state index in [2.05, 4.69) is 0 Å². The molecule has 1 N–H and O–H groups in total. The zero-order valence-electron chi connectivity index (χ0n) is 11.5. The lowest BCUT2D eigenvalue weighted by molar-refractivity contribution is -0.159. The van der Waals surface area contributed by atoms with Gasteiger partial charge in [-0.3, -0.25) is 4.79 Å². The molecule has 1 aliphatic rings. The van der Waals surface area contributed by atoms with E-state index in [1.54, 1.807) is 25.1 Å². The molecule has 0 bridgehead atoms. The average molecular weight is 314 g/mol. The minimum absolute atomic E-state index is 0.0338. The highest BCUT2D eigenvalue weighted by Gasteiger charge is 2.29. The number of halogens is 1. The number of ether oxygens (including phenoxy) is 2. The Morgan fingerprint density at radius 1 is 1.52 bits per heavy atom. The molecule has 2 rings (SSSR count). The predicted molar refractivity (Wildman–Crippen MR) is 75.6 cm³/mol. The number of hydrogen-bond acceptors (Lipinski definition) is 4. The molecule has 1 aliphatic heterocycles. The molecule has 0 radical (unpaired) electrons. The van der Waals surface area contributed by atoms with E-state index in [1.807, 2.05) is 0 Å². The van der Waals surface area contributed by atoms with E-state index >= 15 is 0 Å². The fraction of sp³-hybridized carbons (Fsp3) is 0.429. The minimum Gasteiger partial charge on any atom is -0.483 e. The number of nitrogens with zero attached hydrogens (tertiary/aromatic N) is 1. The van der Waals surface area contributed by atoms with Crippen molar-refractivity contribution in [2.24, 2.45) is 0 Å². The lowest BCUT2D eigenvalue weighted by Gasteiger charge is -2.30. The number of carboxylic acid groups (broad SMARTS) is 1. The van der Waals surface area contributed by atoms with Gasteiger partial charge in [-0.1, -0.05) is 17.7 Å². The van der Waals surface area contributed by atoms with E-state index in [9.17, 15) is 9.59 Å². The van der Waals surface area contributed by atoms with Crippen molar-refractivity contribution in [2.45, 2.75) is 13.0 Å². The fourth-order valence-electron chi connectivity index (χ4n) is 2.00. The molecule has 6 nitrogen and oxygen atoms in total. The van der Waals surface area contributed by atoms with Crippen LogP contribution in [-0.4, -0.2) is 54.3 Å². The zero-order valence-corrected chi connectivity index (χ0v) is 12.3. The second-order valence-corrected chi connectivity index (χ2v) is 5.10. The maximum atomic E-state index is 12.1. The Labute approximate surface area is 127 Å². The summed E-state index contributed by atoms with van der Waals surface area (Å²) in [6.07, 6.45) is -0.976. The Morgan fingerprint density at radius 2 is 2.29 bits per heavy atom. The molecule has 1 aromatic carbocycles. The maximum absolute atomic E-state index is 12.1. The Balaban J connectivity index is 1.92. The number of carbonyl (C=O) groups excluding carboxylic acids is 1. The molecule has 1 heterocycles. The lowest BCUT2D eigenvalue weighted by atomic mass is 10.2. The number of carboxylic acids is 1. The smallest absolute Gasteiger partial charge is 0.334 e. The van der Waals surface area contributed by atoms with Crippen molar-refractivity contribution in [3.8, 4) is 5.75 Å². The molecular weight excluding hydrogens is 298 g/mol. The summed E-state index contributed by atoms with van der Waals surface area (Å²) in [7, 11) is 0. The number of rotatable bonds is 4. The molecular formula is C14H16ClNO5. The quantitative estimate of drug-likeness (QED) is 0.908. The van der Waals surface area contributed by atoms with Crippen LogP contribution < -0.4 is 4.74 Å². The third kappa shape index (κ3) is 3.86. The van der Waals surface area contributed by atoms with Crippen LogP contribution in [0.4, 0.5) is 0 Å². The van der Waals surface area contributed by atoms with Crippen molar-refractivity contribution < 1.29 is 24.2 Å². The Morgan fingerprint density at radius 3 is 3.00 bits per heavy atom. The molecule has 1 unspecified atom stereocenters. The highest BCUT2D eigenvalue weighted by molar-refractivity contribution is 6.31. The molecule has 0 saturated carbocycles. The molecule has 1 fully saturated rings. The van der Waals surface area contributed by atoms with Crippen LogP contribution in [0.2, 0.25) is 5.02 Å². The van der Waals surface area contributed by atoms with Crippen LogP contribution in [0.5, 0.6) is 5.75 Å². The topological polar surface area (TPSA) is 76.1 Å². The molecule has 7 heteroatoms. The summed E-state index contributed by atoms with van der Waals surface area (Å²) in [6, 6.07) is 5.21. The molecule has 1 aromatic rings. The first-order valence-electron chi connectivity index (χ1n) is 6.49. The highest BCUT2D eigenvalue weighted by atomic mass is 35.5. The lowest BCUT2D eigenvalue weighted by Crippen LogP contribution is -2.49. The highest BCUT2D eigenvalue weighted by Crippen LogP contribution is 2.25. The second kappa shape index (κ2) is 6.78. The molecule has 1 saturated heterocycles. The van der Waals surface area contributed by atoms with Gasteiger partial charge in [0.15, 0.2) is 12.7 Å². The number of aliphatic carboxylic acids is 1. The van der Waals surface area contributed by atoms with Gasteiger partial charge in [0.1, 0.15) is 5.75 Å². The van der Waals surface area contributed by atoms with E-state index < -0.39 is 12.1 Å². The normalized spacial score (nSPS) is 18.4. The second-order valence-electron chi connectivity index (χ2n) is 4.69. The van der Waals surface area contributed by atoms with Gasteiger partial charge in [0, 0.05) is 17.1 Å². The number of carbonyl (C=O) groups is 2. The molecule has 0 aromatic heterocycles. The minimum atomic E-state index is -1.07. The number of morpholine rings is 1. The predicted octanol–water partition coefficient (Wildman–Crippen LogP) is 1.34. The van der Waals surface area contributed by atoms with Crippen molar-refractivity contribution >= 4 is 23.5 Å². The molecule has 114 valence electrons. The van der Waals surface area contributed by atoms with Gasteiger partial charge in [-0.25, -0.2) is 4.79 Å². The maximum Gasteiger partial charge on any atom is 0.334 e. The third-order valence-electron chi connectivity index (χ3n) is 3.26. The van der Waals surface area contributed by atoms with E-state index in [-0.39, 0.29) is 25.7 Å². The van der Waals surface area contributed by atoms with Gasteiger partial charge in [-0.2, -0.15) is 0 Å². The van der Waals surface area contributed by atoms with Crippen molar-refractivity contribution in [1.29, 1.82) is 0 Å². The number of hydrogen-bond donors (Lipinski definition) is 1. The van der Waals surface area contributed by atoms with Gasteiger partial charge in [-0.05, 0) is 19.1 Å². The first-order chi connectivity index (χ1) is 9.99. The van der Waals surface area contributed by atoms with Crippen molar-refractivity contribution in [3.05, 3.63) is 28.8 Å². The molecule has 21 heavy (non-hydrogen) atoms. The van der Waals surface area contributed by atoms with Crippen LogP contribution in [0.1, 0.15) is 5.56 Å². The summed E-state index contributed by atoms with van der Waals surface area (Å²) in [5, 5.41) is 9.47. The van der Waals surface area contributed by atoms with Gasteiger partial charge < -0.3 is 19.5 Å². The SMILES string of the molecule is Cc1c(Cl)cccc1OCC(=O)N1CCOC(C(=O)O)C1. The monoisotopic (exact) mass is 313 g/mol. The van der Waals surface area contributed by atoms with E-state index in [1.165, 1.54) is 4.90 Å². The van der Waals surface area contributed by atoms with Gasteiger partial charge >= 0.3 is 5.97 Å². The van der Waals surface area contributed by atoms with Crippen LogP contribution >= 0.6 is 11.6 Å². The summed E-state index contributed by atoms with van der Waals surface area (Å²) >= 11 is 5.97. The van der Waals surface area contributed by atoms with Gasteiger partial charge in [-0.15, -0.1) is 0 Å². The summed E-state index contributed by atoms with van der Waals surface area (Å²) < 4.78 is 10.5. The molecule has 1 atom stereocenters. The standard InChI is InChI=1S/C14H16ClNO5/c1-9-10(15)3-2-4-11(9)21-8-13(17)16-5-6-20-12(7-16)14(18)19/h2-4,12H,5-8H2,1H3,(H,18,19). The van der Waals surface area contributed by atoms with Crippen molar-refractivity contribution in [1.82, 2.24) is 4.90 Å². The van der Waals surface area contributed by atoms with E-state index in [0.29, 0.717) is 17.3 Å². The number of benzene rings is 1. The van der Waals surface area contributed by atoms with Gasteiger partial charge in [0.25, 0.3) is 5.91 Å². The van der Waals surface area contributed by atoms with Crippen LogP contribution in [0.15, 0.2) is 18.2 Å². The molecule has 0 aliphatic carbocycles. The summed E-state index contributed by atoms with van der Waals surface area (Å²) in [5.74, 6) is -0.804. The van der Waals surface area contributed by atoms with E-state index in [0.717, 1.165) is 5.56 Å². The van der Waals surface area contributed by atoms with Crippen LogP contribution in [0.3, 0.4) is 0 Å². The van der Waals surface area contributed by atoms with Crippen molar-refractivity contribution in [2.75, 3.05) is 26.3 Å². The Hall–Kier alpha value is -1.79. The summed E-state index contributed by atoms with van der Waals surface area (Å²) in [5.41, 5.74) is 0.761. The molecule has 1 amide bonds. The number of amides is 1. The fourth-order valence-corrected chi connectivity index (χ4v) is 2.17. The van der Waals surface area contributed by atoms with Crippen LogP contribution in [0.25, 0.3) is 0 Å². The van der Waals surface area contributed by atoms with Crippen molar-refractivity contribution in [3.63, 3.8) is 0 Å². The first kappa shape index (κ1) is 15.6. The molecule has 0 spiro atoms. The van der Waals surface area contributed by atoms with Gasteiger partial charge in [0.05, 0.1) is 13.2 Å². The average Bonchev–Trinajstić information content (AvgIpc) is 2.48. The Kier molecular flexibility index (Phi) is 5.03. The largest absolute Gasteiger partial charge is 0.483 e. The zero-order chi connectivity index (χ0) is 15.4. The Bertz CT molecular complexity index is 548. The first-order valence-corrected chi connectivity index (χ1v) is 6.87. The van der Waals surface area contributed by atoms with Crippen LogP contribution in [-0.2, 0) is 14.3 Å². The third-order valence-corrected chi connectivity index (χ3v) is 3.67.